The number of ether oxygens (including phenoxy) is 1. The molecule has 0 saturated carbocycles. The Balaban J connectivity index is 1.93. The third kappa shape index (κ3) is 4.68. The second-order valence-electron chi connectivity index (χ2n) is 5.45. The fraction of sp³-hybridized carbons (Fsp3) is 0.263. The Kier molecular flexibility index (Phi) is 5.52. The number of hydrogen-bond acceptors (Lipinski definition) is 3. The molecular weight excluding hydrogens is 290 g/mol. The third-order valence-electron chi connectivity index (χ3n) is 3.57. The van der Waals surface area contributed by atoms with Crippen LogP contribution in [-0.4, -0.2) is 18.0 Å². The van der Waals surface area contributed by atoms with Gasteiger partial charge in [0.1, 0.15) is 0 Å². The summed E-state index contributed by atoms with van der Waals surface area (Å²) in [4.78, 5) is 24.1. The molecule has 0 fully saturated rings. The normalized spacial score (nSPS) is 11.6. The Morgan fingerprint density at radius 1 is 1.04 bits per heavy atom. The summed E-state index contributed by atoms with van der Waals surface area (Å²) in [5, 5.41) is 2.74. The fourth-order valence-corrected chi connectivity index (χ4v) is 2.04. The smallest absolute Gasteiger partial charge is 0.338 e. The number of esters is 1. The van der Waals surface area contributed by atoms with Gasteiger partial charge < -0.3 is 10.1 Å². The standard InChI is InChI=1S/C19H21NO3/c1-4-15-7-11-17(12-8-15)20-18(21)14(3)23-19(22)16-9-5-13(2)6-10-16/h5-12,14H,4H2,1-3H3,(H,20,21). The summed E-state index contributed by atoms with van der Waals surface area (Å²) in [5.74, 6) is -0.858. The van der Waals surface area contributed by atoms with Crippen molar-refractivity contribution in [1.29, 1.82) is 0 Å². The molecule has 0 saturated heterocycles. The molecule has 1 atom stereocenters. The van der Waals surface area contributed by atoms with Crippen molar-refractivity contribution < 1.29 is 14.3 Å². The Hall–Kier alpha value is -2.62. The quantitative estimate of drug-likeness (QED) is 0.856. The summed E-state index contributed by atoms with van der Waals surface area (Å²) < 4.78 is 5.20. The Bertz CT molecular complexity index is 675. The molecule has 0 aromatic heterocycles. The molecule has 2 rings (SSSR count). The molecule has 1 unspecified atom stereocenters. The maximum Gasteiger partial charge on any atom is 0.338 e. The van der Waals surface area contributed by atoms with Crippen molar-refractivity contribution in [1.82, 2.24) is 0 Å². The molecule has 1 N–H and O–H groups in total. The van der Waals surface area contributed by atoms with E-state index in [1.54, 1.807) is 19.1 Å². The van der Waals surface area contributed by atoms with Gasteiger partial charge in [-0.15, -0.1) is 0 Å². The first-order valence-corrected chi connectivity index (χ1v) is 7.67. The van der Waals surface area contributed by atoms with Crippen molar-refractivity contribution in [2.24, 2.45) is 0 Å². The largest absolute Gasteiger partial charge is 0.449 e. The van der Waals surface area contributed by atoms with Crippen LogP contribution in [0.15, 0.2) is 48.5 Å². The lowest BCUT2D eigenvalue weighted by Gasteiger charge is -2.14. The van der Waals surface area contributed by atoms with E-state index >= 15 is 0 Å². The summed E-state index contributed by atoms with van der Waals surface area (Å²) in [6, 6.07) is 14.6. The number of rotatable bonds is 5. The van der Waals surface area contributed by atoms with Crippen molar-refractivity contribution >= 4 is 17.6 Å². The molecule has 2 aromatic carbocycles. The number of nitrogens with one attached hydrogen (secondary N) is 1. The first kappa shape index (κ1) is 16.7. The van der Waals surface area contributed by atoms with Crippen molar-refractivity contribution in [2.75, 3.05) is 5.32 Å². The van der Waals surface area contributed by atoms with E-state index in [1.165, 1.54) is 5.56 Å². The van der Waals surface area contributed by atoms with Gasteiger partial charge in [-0.2, -0.15) is 0 Å². The highest BCUT2D eigenvalue weighted by Gasteiger charge is 2.18. The topological polar surface area (TPSA) is 55.4 Å². The number of benzene rings is 2. The van der Waals surface area contributed by atoms with Crippen LogP contribution in [0.5, 0.6) is 0 Å². The summed E-state index contributed by atoms with van der Waals surface area (Å²) in [7, 11) is 0. The molecule has 4 nitrogen and oxygen atoms in total. The van der Waals surface area contributed by atoms with E-state index < -0.39 is 12.1 Å². The van der Waals surface area contributed by atoms with Crippen molar-refractivity contribution in [3.63, 3.8) is 0 Å². The van der Waals surface area contributed by atoms with Gasteiger partial charge in [-0.3, -0.25) is 4.79 Å². The minimum Gasteiger partial charge on any atom is -0.449 e. The molecule has 4 heteroatoms. The number of carbonyl (C=O) groups excluding carboxylic acids is 2. The maximum absolute atomic E-state index is 12.1. The predicted molar refractivity (Wildman–Crippen MR) is 90.5 cm³/mol. The van der Waals surface area contributed by atoms with E-state index in [4.69, 9.17) is 4.74 Å². The zero-order chi connectivity index (χ0) is 16.8. The van der Waals surface area contributed by atoms with Gasteiger partial charge in [0.05, 0.1) is 5.56 Å². The number of anilines is 1. The molecule has 0 aliphatic carbocycles. The second kappa shape index (κ2) is 7.58. The number of amides is 1. The van der Waals surface area contributed by atoms with Gasteiger partial charge in [-0.05, 0) is 50.1 Å². The number of aryl methyl sites for hydroxylation is 2. The monoisotopic (exact) mass is 311 g/mol. The Morgan fingerprint density at radius 2 is 1.65 bits per heavy atom. The van der Waals surface area contributed by atoms with Gasteiger partial charge in [0.25, 0.3) is 5.91 Å². The number of carbonyl (C=O) groups is 2. The SMILES string of the molecule is CCc1ccc(NC(=O)C(C)OC(=O)c2ccc(C)cc2)cc1. The molecule has 0 radical (unpaired) electrons. The predicted octanol–water partition coefficient (Wildman–Crippen LogP) is 3.74. The van der Waals surface area contributed by atoms with Crippen LogP contribution >= 0.6 is 0 Å². The summed E-state index contributed by atoms with van der Waals surface area (Å²) in [6.07, 6.45) is 0.0772. The van der Waals surface area contributed by atoms with Crippen LogP contribution in [0.25, 0.3) is 0 Å². The summed E-state index contributed by atoms with van der Waals surface area (Å²) >= 11 is 0. The first-order chi connectivity index (χ1) is 11.0. The van der Waals surface area contributed by atoms with E-state index in [2.05, 4.69) is 12.2 Å². The lowest BCUT2D eigenvalue weighted by Crippen LogP contribution is -2.30. The van der Waals surface area contributed by atoms with Gasteiger partial charge in [0, 0.05) is 5.69 Å². The van der Waals surface area contributed by atoms with Crippen LogP contribution in [0.3, 0.4) is 0 Å². The van der Waals surface area contributed by atoms with Crippen molar-refractivity contribution in [3.05, 3.63) is 65.2 Å². The lowest BCUT2D eigenvalue weighted by atomic mass is 10.1. The Labute approximate surface area is 136 Å². The van der Waals surface area contributed by atoms with E-state index in [-0.39, 0.29) is 5.91 Å². The molecular formula is C19H21NO3. The van der Waals surface area contributed by atoms with Crippen LogP contribution in [0.2, 0.25) is 0 Å². The van der Waals surface area contributed by atoms with Gasteiger partial charge in [-0.25, -0.2) is 4.79 Å². The molecule has 2 aromatic rings. The number of hydrogen-bond donors (Lipinski definition) is 1. The van der Waals surface area contributed by atoms with Gasteiger partial charge in [-0.1, -0.05) is 36.8 Å². The van der Waals surface area contributed by atoms with Gasteiger partial charge in [0.15, 0.2) is 6.10 Å². The fourth-order valence-electron chi connectivity index (χ4n) is 2.04. The zero-order valence-corrected chi connectivity index (χ0v) is 13.6. The minimum absolute atomic E-state index is 0.352. The Morgan fingerprint density at radius 3 is 2.22 bits per heavy atom. The van der Waals surface area contributed by atoms with E-state index in [1.807, 2.05) is 43.3 Å². The molecule has 0 aliphatic heterocycles. The van der Waals surface area contributed by atoms with Crippen LogP contribution in [0.1, 0.15) is 35.3 Å². The first-order valence-electron chi connectivity index (χ1n) is 7.67. The second-order valence-corrected chi connectivity index (χ2v) is 5.45. The van der Waals surface area contributed by atoms with Crippen LogP contribution < -0.4 is 5.32 Å². The highest BCUT2D eigenvalue weighted by Crippen LogP contribution is 2.12. The van der Waals surface area contributed by atoms with Crippen molar-refractivity contribution in [2.45, 2.75) is 33.3 Å². The summed E-state index contributed by atoms with van der Waals surface area (Å²) in [6.45, 7) is 5.57. The average Bonchev–Trinajstić information content (AvgIpc) is 2.56. The zero-order valence-electron chi connectivity index (χ0n) is 13.6. The molecule has 0 bridgehead atoms. The molecule has 0 spiro atoms. The average molecular weight is 311 g/mol. The van der Waals surface area contributed by atoms with E-state index in [9.17, 15) is 9.59 Å². The van der Waals surface area contributed by atoms with Crippen LogP contribution in [-0.2, 0) is 16.0 Å². The highest BCUT2D eigenvalue weighted by molar-refractivity contribution is 5.97. The lowest BCUT2D eigenvalue weighted by molar-refractivity contribution is -0.123. The maximum atomic E-state index is 12.1. The van der Waals surface area contributed by atoms with Gasteiger partial charge >= 0.3 is 5.97 Å². The molecule has 23 heavy (non-hydrogen) atoms. The highest BCUT2D eigenvalue weighted by atomic mass is 16.5. The van der Waals surface area contributed by atoms with Crippen LogP contribution in [0.4, 0.5) is 5.69 Å². The summed E-state index contributed by atoms with van der Waals surface area (Å²) in [5.41, 5.74) is 3.37. The third-order valence-corrected chi connectivity index (χ3v) is 3.57. The molecule has 0 aliphatic rings. The molecule has 120 valence electrons. The van der Waals surface area contributed by atoms with Crippen LogP contribution in [0, 0.1) is 6.92 Å². The van der Waals surface area contributed by atoms with Crippen molar-refractivity contribution in [3.8, 4) is 0 Å². The van der Waals surface area contributed by atoms with E-state index in [0.717, 1.165) is 12.0 Å². The van der Waals surface area contributed by atoms with E-state index in [0.29, 0.717) is 11.3 Å². The van der Waals surface area contributed by atoms with Gasteiger partial charge in [0.2, 0.25) is 0 Å². The molecule has 1 amide bonds. The molecule has 0 heterocycles. The minimum atomic E-state index is -0.866.